The Kier molecular flexibility index (Phi) is 4.17. The average Bonchev–Trinajstić information content (AvgIpc) is 2.21. The first-order valence-electron chi connectivity index (χ1n) is 5.38. The summed E-state index contributed by atoms with van der Waals surface area (Å²) in [6, 6.07) is 5.80. The maximum atomic E-state index is 11.4. The number of carbonyl (C=O) groups excluding carboxylic acids is 1. The molecule has 1 aromatic carbocycles. The van der Waals surface area contributed by atoms with E-state index < -0.39 is 0 Å². The van der Waals surface area contributed by atoms with Crippen LogP contribution in [-0.4, -0.2) is 26.0 Å². The predicted molar refractivity (Wildman–Crippen MR) is 67.5 cm³/mol. The maximum Gasteiger partial charge on any atom is 0.239 e. The Morgan fingerprint density at radius 2 is 2.19 bits per heavy atom. The van der Waals surface area contributed by atoms with Gasteiger partial charge in [0.1, 0.15) is 0 Å². The molecule has 0 aliphatic carbocycles. The fraction of sp³-hybridized carbons (Fsp3) is 0.417. The third kappa shape index (κ3) is 3.15. The van der Waals surface area contributed by atoms with Crippen molar-refractivity contribution in [3.63, 3.8) is 0 Å². The predicted octanol–water partition coefficient (Wildman–Crippen LogP) is 1.15. The quantitative estimate of drug-likeness (QED) is 0.750. The normalized spacial score (nSPS) is 9.94. The van der Waals surface area contributed by atoms with Crippen LogP contribution in [0, 0.1) is 6.92 Å². The van der Waals surface area contributed by atoms with Crippen LogP contribution < -0.4 is 16.0 Å². The number of nitrogens with two attached hydrogens (primary N) is 1. The van der Waals surface area contributed by atoms with Crippen molar-refractivity contribution >= 4 is 17.3 Å². The molecule has 3 N–H and O–H groups in total. The second-order valence-electron chi connectivity index (χ2n) is 3.87. The molecule has 0 aromatic heterocycles. The Morgan fingerprint density at radius 3 is 2.81 bits per heavy atom. The average molecular weight is 221 g/mol. The molecule has 4 heteroatoms. The maximum absolute atomic E-state index is 11.4. The van der Waals surface area contributed by atoms with Gasteiger partial charge in [0.15, 0.2) is 0 Å². The third-order valence-electron chi connectivity index (χ3n) is 2.35. The fourth-order valence-corrected chi connectivity index (χ4v) is 1.54. The van der Waals surface area contributed by atoms with Gasteiger partial charge in [-0.3, -0.25) is 4.79 Å². The van der Waals surface area contributed by atoms with E-state index in [0.717, 1.165) is 11.3 Å². The third-order valence-corrected chi connectivity index (χ3v) is 2.35. The van der Waals surface area contributed by atoms with Crippen molar-refractivity contribution in [2.24, 2.45) is 0 Å². The van der Waals surface area contributed by atoms with Crippen molar-refractivity contribution in [3.8, 4) is 0 Å². The minimum Gasteiger partial charge on any atom is -0.397 e. The Bertz CT molecular complexity index is 377. The van der Waals surface area contributed by atoms with Gasteiger partial charge in [-0.25, -0.2) is 0 Å². The number of aryl methyl sites for hydroxylation is 1. The number of anilines is 2. The molecule has 0 atom stereocenters. The number of nitrogens with zero attached hydrogens (tertiary/aromatic N) is 1. The van der Waals surface area contributed by atoms with Crippen molar-refractivity contribution in [2.45, 2.75) is 13.8 Å². The molecule has 0 spiro atoms. The summed E-state index contributed by atoms with van der Waals surface area (Å²) in [5.41, 5.74) is 8.58. The van der Waals surface area contributed by atoms with Gasteiger partial charge in [0.2, 0.25) is 5.91 Å². The fourth-order valence-electron chi connectivity index (χ4n) is 1.54. The summed E-state index contributed by atoms with van der Waals surface area (Å²) < 4.78 is 0. The highest BCUT2D eigenvalue weighted by Gasteiger charge is 2.09. The number of rotatable bonds is 4. The van der Waals surface area contributed by atoms with E-state index in [1.54, 1.807) is 0 Å². The van der Waals surface area contributed by atoms with Gasteiger partial charge in [-0.1, -0.05) is 6.07 Å². The largest absolute Gasteiger partial charge is 0.397 e. The summed E-state index contributed by atoms with van der Waals surface area (Å²) in [5.74, 6) is 0.00547. The molecule has 88 valence electrons. The first-order chi connectivity index (χ1) is 7.54. The zero-order valence-electron chi connectivity index (χ0n) is 10.1. The molecule has 0 aliphatic heterocycles. The molecule has 0 radical (unpaired) electrons. The van der Waals surface area contributed by atoms with Crippen LogP contribution in [0.5, 0.6) is 0 Å². The van der Waals surface area contributed by atoms with Crippen LogP contribution >= 0.6 is 0 Å². The highest BCUT2D eigenvalue weighted by Crippen LogP contribution is 2.22. The molecule has 16 heavy (non-hydrogen) atoms. The number of nitrogen functional groups attached to an aromatic ring is 1. The molecule has 0 heterocycles. The molecule has 0 unspecified atom stereocenters. The second kappa shape index (κ2) is 5.39. The van der Waals surface area contributed by atoms with Crippen LogP contribution in [-0.2, 0) is 4.79 Å². The second-order valence-corrected chi connectivity index (χ2v) is 3.87. The first-order valence-corrected chi connectivity index (χ1v) is 5.38. The zero-order chi connectivity index (χ0) is 12.1. The molecule has 1 amide bonds. The lowest BCUT2D eigenvalue weighted by atomic mass is 10.2. The van der Waals surface area contributed by atoms with Crippen LogP contribution in [0.1, 0.15) is 12.5 Å². The molecule has 0 bridgehead atoms. The summed E-state index contributed by atoms with van der Waals surface area (Å²) in [6.45, 7) is 4.87. The smallest absolute Gasteiger partial charge is 0.239 e. The summed E-state index contributed by atoms with van der Waals surface area (Å²) in [4.78, 5) is 13.3. The summed E-state index contributed by atoms with van der Waals surface area (Å²) in [5, 5.41) is 2.76. The van der Waals surface area contributed by atoms with Gasteiger partial charge in [0.05, 0.1) is 17.9 Å². The lowest BCUT2D eigenvalue weighted by Crippen LogP contribution is -2.35. The zero-order valence-corrected chi connectivity index (χ0v) is 10.1. The number of carbonyl (C=O) groups is 1. The van der Waals surface area contributed by atoms with Crippen molar-refractivity contribution in [1.82, 2.24) is 5.32 Å². The van der Waals surface area contributed by atoms with E-state index in [9.17, 15) is 4.79 Å². The first kappa shape index (κ1) is 12.4. The van der Waals surface area contributed by atoms with Gasteiger partial charge in [-0.05, 0) is 31.5 Å². The molecule has 4 nitrogen and oxygen atoms in total. The van der Waals surface area contributed by atoms with Gasteiger partial charge in [-0.15, -0.1) is 0 Å². The lowest BCUT2D eigenvalue weighted by molar-refractivity contribution is -0.119. The minimum atomic E-state index is 0.00547. The Morgan fingerprint density at radius 1 is 1.50 bits per heavy atom. The summed E-state index contributed by atoms with van der Waals surface area (Å²) in [6.07, 6.45) is 0. The molecule has 0 saturated heterocycles. The topological polar surface area (TPSA) is 58.4 Å². The minimum absolute atomic E-state index is 0.00547. The van der Waals surface area contributed by atoms with E-state index in [2.05, 4.69) is 5.32 Å². The summed E-state index contributed by atoms with van der Waals surface area (Å²) >= 11 is 0. The van der Waals surface area contributed by atoms with Gasteiger partial charge in [0.25, 0.3) is 0 Å². The molecule has 0 fully saturated rings. The monoisotopic (exact) mass is 221 g/mol. The van der Waals surface area contributed by atoms with E-state index >= 15 is 0 Å². The highest BCUT2D eigenvalue weighted by molar-refractivity contribution is 5.82. The number of likely N-dealkylation sites (N-methyl/N-ethyl adjacent to an activating group) is 2. The standard InChI is InChI=1S/C12H19N3O/c1-4-14-12(16)8-15(3)11-7-9(2)5-6-10(11)13/h5-7H,4,8,13H2,1-3H3,(H,14,16). The van der Waals surface area contributed by atoms with Gasteiger partial charge < -0.3 is 16.0 Å². The number of benzene rings is 1. The van der Waals surface area contributed by atoms with Crippen LogP contribution in [0.15, 0.2) is 18.2 Å². The Labute approximate surface area is 96.4 Å². The number of nitrogens with one attached hydrogen (secondary N) is 1. The van der Waals surface area contributed by atoms with Crippen LogP contribution in [0.4, 0.5) is 11.4 Å². The SMILES string of the molecule is CCNC(=O)CN(C)c1cc(C)ccc1N. The van der Waals surface area contributed by atoms with Crippen molar-refractivity contribution in [2.75, 3.05) is 30.8 Å². The molecule has 1 rings (SSSR count). The molecule has 0 saturated carbocycles. The summed E-state index contributed by atoms with van der Waals surface area (Å²) in [7, 11) is 1.86. The molecule has 1 aromatic rings. The van der Waals surface area contributed by atoms with E-state index in [1.807, 2.05) is 44.0 Å². The van der Waals surface area contributed by atoms with Gasteiger partial charge in [0, 0.05) is 13.6 Å². The van der Waals surface area contributed by atoms with E-state index in [0.29, 0.717) is 18.8 Å². The highest BCUT2D eigenvalue weighted by atomic mass is 16.1. The molecule has 0 aliphatic rings. The van der Waals surface area contributed by atoms with E-state index in [-0.39, 0.29) is 5.91 Å². The molecular weight excluding hydrogens is 202 g/mol. The number of amides is 1. The van der Waals surface area contributed by atoms with Gasteiger partial charge in [-0.2, -0.15) is 0 Å². The van der Waals surface area contributed by atoms with E-state index in [4.69, 9.17) is 5.73 Å². The van der Waals surface area contributed by atoms with Crippen LogP contribution in [0.25, 0.3) is 0 Å². The van der Waals surface area contributed by atoms with Crippen molar-refractivity contribution < 1.29 is 4.79 Å². The van der Waals surface area contributed by atoms with Crippen LogP contribution in [0.3, 0.4) is 0 Å². The lowest BCUT2D eigenvalue weighted by Gasteiger charge is -2.20. The Hall–Kier alpha value is -1.71. The molecular formula is C12H19N3O. The number of hydrogen-bond acceptors (Lipinski definition) is 3. The number of hydrogen-bond donors (Lipinski definition) is 2. The Balaban J connectivity index is 2.76. The van der Waals surface area contributed by atoms with Crippen molar-refractivity contribution in [3.05, 3.63) is 23.8 Å². The van der Waals surface area contributed by atoms with Gasteiger partial charge >= 0.3 is 0 Å². The van der Waals surface area contributed by atoms with Crippen molar-refractivity contribution in [1.29, 1.82) is 0 Å². The van der Waals surface area contributed by atoms with Crippen LogP contribution in [0.2, 0.25) is 0 Å². The van der Waals surface area contributed by atoms with E-state index in [1.165, 1.54) is 0 Å².